The molecule has 0 amide bonds. The molecule has 0 radical (unpaired) electrons. The number of hydrogen-bond donors (Lipinski definition) is 1. The summed E-state index contributed by atoms with van der Waals surface area (Å²) in [4.78, 5) is 10.5. The quantitative estimate of drug-likeness (QED) is 0.694. The molecule has 94 valence electrons. The minimum Gasteiger partial charge on any atom is -0.453 e. The van der Waals surface area contributed by atoms with E-state index in [0.29, 0.717) is 22.4 Å². The molecule has 1 atom stereocenters. The normalized spacial score (nSPS) is 12.3. The Balaban J connectivity index is 2.21. The van der Waals surface area contributed by atoms with Crippen molar-refractivity contribution in [2.45, 2.75) is 12.5 Å². The zero-order chi connectivity index (χ0) is 13.1. The van der Waals surface area contributed by atoms with Gasteiger partial charge in [-0.15, -0.1) is 0 Å². The van der Waals surface area contributed by atoms with Gasteiger partial charge in [0.05, 0.1) is 11.0 Å². The van der Waals surface area contributed by atoms with E-state index in [1.165, 1.54) is 6.07 Å². The van der Waals surface area contributed by atoms with E-state index < -0.39 is 11.0 Å². The Morgan fingerprint density at radius 1 is 1.33 bits per heavy atom. The van der Waals surface area contributed by atoms with Crippen LogP contribution in [0.3, 0.4) is 0 Å². The van der Waals surface area contributed by atoms with E-state index in [-0.39, 0.29) is 5.69 Å². The van der Waals surface area contributed by atoms with Crippen molar-refractivity contribution in [3.05, 3.63) is 62.5 Å². The summed E-state index contributed by atoms with van der Waals surface area (Å²) in [5, 5.41) is 10.9. The number of nitro groups is 1. The fourth-order valence-corrected chi connectivity index (χ4v) is 2.05. The summed E-state index contributed by atoms with van der Waals surface area (Å²) >= 11 is 3.19. The topological polar surface area (TPSA) is 82.3 Å². The van der Waals surface area contributed by atoms with Gasteiger partial charge in [0.15, 0.2) is 4.67 Å². The molecular formula is C12H11BrN2O3. The number of nitrogens with two attached hydrogens (primary N) is 1. The van der Waals surface area contributed by atoms with E-state index in [2.05, 4.69) is 15.9 Å². The smallest absolute Gasteiger partial charge is 0.272 e. The number of furan rings is 1. The number of hydrogen-bond acceptors (Lipinski definition) is 4. The van der Waals surface area contributed by atoms with Crippen LogP contribution < -0.4 is 5.73 Å². The van der Waals surface area contributed by atoms with E-state index in [1.807, 2.05) is 0 Å². The van der Waals surface area contributed by atoms with Gasteiger partial charge in [0.1, 0.15) is 5.76 Å². The first-order chi connectivity index (χ1) is 8.58. The van der Waals surface area contributed by atoms with Crippen molar-refractivity contribution in [2.24, 2.45) is 5.73 Å². The molecule has 1 aromatic heterocycles. The zero-order valence-corrected chi connectivity index (χ0v) is 11.0. The van der Waals surface area contributed by atoms with Crippen LogP contribution in [0.4, 0.5) is 5.69 Å². The molecule has 18 heavy (non-hydrogen) atoms. The van der Waals surface area contributed by atoms with E-state index >= 15 is 0 Å². The van der Waals surface area contributed by atoms with E-state index in [4.69, 9.17) is 10.2 Å². The van der Waals surface area contributed by atoms with Crippen LogP contribution in [0.5, 0.6) is 0 Å². The minimum atomic E-state index is -0.405. The predicted molar refractivity (Wildman–Crippen MR) is 70.1 cm³/mol. The van der Waals surface area contributed by atoms with Crippen molar-refractivity contribution < 1.29 is 9.34 Å². The van der Waals surface area contributed by atoms with Gasteiger partial charge >= 0.3 is 0 Å². The van der Waals surface area contributed by atoms with Crippen LogP contribution in [0.2, 0.25) is 0 Å². The molecule has 0 saturated carbocycles. The molecule has 1 unspecified atom stereocenters. The third-order valence-electron chi connectivity index (χ3n) is 2.59. The van der Waals surface area contributed by atoms with Crippen LogP contribution in [0.25, 0.3) is 0 Å². The van der Waals surface area contributed by atoms with Gasteiger partial charge in [-0.25, -0.2) is 0 Å². The number of nitro benzene ring substituents is 1. The highest BCUT2D eigenvalue weighted by Gasteiger charge is 2.18. The van der Waals surface area contributed by atoms with Crippen molar-refractivity contribution in [1.29, 1.82) is 0 Å². The Morgan fingerprint density at radius 2 is 2.06 bits per heavy atom. The lowest BCUT2D eigenvalue weighted by atomic mass is 10.0. The Kier molecular flexibility index (Phi) is 3.78. The number of benzene rings is 1. The molecule has 1 heterocycles. The fraction of sp³-hybridized carbons (Fsp3) is 0.167. The molecule has 0 bridgehead atoms. The molecule has 1 aromatic carbocycles. The summed E-state index contributed by atoms with van der Waals surface area (Å²) in [7, 11) is 0. The third kappa shape index (κ3) is 2.77. The molecule has 2 rings (SSSR count). The Hall–Kier alpha value is -1.66. The van der Waals surface area contributed by atoms with Crippen LogP contribution in [-0.2, 0) is 6.42 Å². The largest absolute Gasteiger partial charge is 0.453 e. The molecule has 0 aliphatic rings. The first-order valence-corrected chi connectivity index (χ1v) is 6.10. The second-order valence-corrected chi connectivity index (χ2v) is 4.62. The number of para-hydroxylation sites is 1. The van der Waals surface area contributed by atoms with Crippen LogP contribution in [0.15, 0.2) is 45.5 Å². The van der Waals surface area contributed by atoms with Crippen LogP contribution in [0, 0.1) is 10.1 Å². The van der Waals surface area contributed by atoms with Crippen molar-refractivity contribution in [3.63, 3.8) is 0 Å². The first-order valence-electron chi connectivity index (χ1n) is 5.31. The second kappa shape index (κ2) is 5.32. The maximum absolute atomic E-state index is 10.9. The molecular weight excluding hydrogens is 300 g/mol. The van der Waals surface area contributed by atoms with E-state index in [1.54, 1.807) is 30.3 Å². The lowest BCUT2D eigenvalue weighted by molar-refractivity contribution is -0.385. The van der Waals surface area contributed by atoms with Gasteiger partial charge in [-0.2, -0.15) is 0 Å². The Labute approximate surface area is 112 Å². The first kappa shape index (κ1) is 12.8. The maximum atomic E-state index is 10.9. The highest BCUT2D eigenvalue weighted by molar-refractivity contribution is 9.10. The highest BCUT2D eigenvalue weighted by atomic mass is 79.9. The lowest BCUT2D eigenvalue weighted by Crippen LogP contribution is -2.13. The number of nitrogens with zero attached hydrogens (tertiary/aromatic N) is 1. The van der Waals surface area contributed by atoms with Gasteiger partial charge in [-0.05, 0) is 28.1 Å². The second-order valence-electron chi connectivity index (χ2n) is 3.84. The van der Waals surface area contributed by atoms with Crippen molar-refractivity contribution in [2.75, 3.05) is 0 Å². The van der Waals surface area contributed by atoms with Crippen molar-refractivity contribution in [3.8, 4) is 0 Å². The maximum Gasteiger partial charge on any atom is 0.272 e. The summed E-state index contributed by atoms with van der Waals surface area (Å²) in [6.07, 6.45) is 0.358. The van der Waals surface area contributed by atoms with Gasteiger partial charge in [0.2, 0.25) is 0 Å². The van der Waals surface area contributed by atoms with Crippen LogP contribution >= 0.6 is 15.9 Å². The standard InChI is InChI=1S/C12H11BrN2O3/c13-12-6-5-11(18-12)9(14)7-8-3-1-2-4-10(8)15(16)17/h1-6,9H,7,14H2. The zero-order valence-electron chi connectivity index (χ0n) is 9.38. The Bertz CT molecular complexity index is 568. The third-order valence-corrected chi connectivity index (χ3v) is 3.01. The van der Waals surface area contributed by atoms with Crippen LogP contribution in [-0.4, -0.2) is 4.92 Å². The van der Waals surface area contributed by atoms with E-state index in [9.17, 15) is 10.1 Å². The van der Waals surface area contributed by atoms with Gasteiger partial charge in [-0.3, -0.25) is 10.1 Å². The molecule has 0 aliphatic carbocycles. The summed E-state index contributed by atoms with van der Waals surface area (Å²) in [5.74, 6) is 0.597. The van der Waals surface area contributed by atoms with E-state index in [0.717, 1.165) is 0 Å². The molecule has 2 aromatic rings. The highest BCUT2D eigenvalue weighted by Crippen LogP contribution is 2.25. The molecule has 5 nitrogen and oxygen atoms in total. The summed E-state index contributed by atoms with van der Waals surface area (Å²) in [6, 6.07) is 9.66. The lowest BCUT2D eigenvalue weighted by Gasteiger charge is -2.08. The molecule has 2 N–H and O–H groups in total. The SMILES string of the molecule is NC(Cc1ccccc1[N+](=O)[O-])c1ccc(Br)o1. The summed E-state index contributed by atoms with van der Waals surface area (Å²) < 4.78 is 5.93. The molecule has 0 spiro atoms. The average molecular weight is 311 g/mol. The summed E-state index contributed by atoms with van der Waals surface area (Å²) in [5.41, 5.74) is 6.65. The number of halogens is 1. The monoisotopic (exact) mass is 310 g/mol. The number of rotatable bonds is 4. The van der Waals surface area contributed by atoms with Crippen molar-refractivity contribution in [1.82, 2.24) is 0 Å². The fourth-order valence-electron chi connectivity index (χ4n) is 1.73. The molecule has 6 heteroatoms. The average Bonchev–Trinajstić information content (AvgIpc) is 2.76. The Morgan fingerprint density at radius 3 is 2.67 bits per heavy atom. The molecule has 0 aliphatic heterocycles. The van der Waals surface area contributed by atoms with Gasteiger partial charge in [0.25, 0.3) is 5.69 Å². The van der Waals surface area contributed by atoms with Gasteiger partial charge < -0.3 is 10.2 Å². The predicted octanol–water partition coefficient (Wildman–Crippen LogP) is 3.19. The van der Waals surface area contributed by atoms with Gasteiger partial charge in [-0.1, -0.05) is 18.2 Å². The minimum absolute atomic E-state index is 0.0820. The van der Waals surface area contributed by atoms with Gasteiger partial charge in [0, 0.05) is 18.1 Å². The molecule has 0 fully saturated rings. The van der Waals surface area contributed by atoms with Crippen molar-refractivity contribution >= 4 is 21.6 Å². The molecule has 0 saturated heterocycles. The summed E-state index contributed by atoms with van der Waals surface area (Å²) in [6.45, 7) is 0. The van der Waals surface area contributed by atoms with Crippen LogP contribution in [0.1, 0.15) is 17.4 Å².